The average Bonchev–Trinajstić information content (AvgIpc) is 3.38. The molecule has 2 aromatic rings. The van der Waals surface area contributed by atoms with Crippen molar-refractivity contribution < 1.29 is 31.9 Å². The van der Waals surface area contributed by atoms with Gasteiger partial charge in [-0.05, 0) is 38.0 Å². The van der Waals surface area contributed by atoms with Crippen LogP contribution in [0, 0.1) is 5.82 Å². The summed E-state index contributed by atoms with van der Waals surface area (Å²) in [6, 6.07) is 9.55. The van der Waals surface area contributed by atoms with Gasteiger partial charge in [-0.15, -0.1) is 0 Å². The van der Waals surface area contributed by atoms with Crippen LogP contribution in [-0.2, 0) is 26.2 Å². The Labute approximate surface area is 217 Å². The molecule has 1 aliphatic rings. The number of carbonyl (C=O) groups excluding carboxylic acids is 2. The number of nitrogens with zero attached hydrogens (tertiary/aromatic N) is 2. The van der Waals surface area contributed by atoms with Crippen molar-refractivity contribution in [1.29, 1.82) is 0 Å². The third-order valence-corrected chi connectivity index (χ3v) is 7.63. The van der Waals surface area contributed by atoms with Gasteiger partial charge >= 0.3 is 0 Å². The van der Waals surface area contributed by atoms with Gasteiger partial charge in [-0.25, -0.2) is 12.8 Å². The van der Waals surface area contributed by atoms with E-state index in [1.807, 2.05) is 0 Å². The van der Waals surface area contributed by atoms with Crippen LogP contribution >= 0.6 is 0 Å². The average molecular weight is 536 g/mol. The number of sulfonamides is 1. The summed E-state index contributed by atoms with van der Waals surface area (Å²) in [6.45, 7) is 0.737. The number of amides is 2. The van der Waals surface area contributed by atoms with Crippen LogP contribution in [0.2, 0.25) is 0 Å². The summed E-state index contributed by atoms with van der Waals surface area (Å²) in [5, 5.41) is 2.97. The Hall–Kier alpha value is -3.34. The number of anilines is 1. The molecule has 0 radical (unpaired) electrons. The van der Waals surface area contributed by atoms with E-state index in [4.69, 9.17) is 9.47 Å². The van der Waals surface area contributed by atoms with Crippen molar-refractivity contribution in [3.63, 3.8) is 0 Å². The van der Waals surface area contributed by atoms with Crippen LogP contribution in [0.25, 0.3) is 0 Å². The highest BCUT2D eigenvalue weighted by Gasteiger charge is 2.32. The predicted molar refractivity (Wildman–Crippen MR) is 139 cm³/mol. The molecule has 2 aromatic carbocycles. The van der Waals surface area contributed by atoms with Crippen LogP contribution in [-0.4, -0.2) is 64.2 Å². The smallest absolute Gasteiger partial charge is 0.244 e. The Bertz CT molecular complexity index is 1220. The van der Waals surface area contributed by atoms with Crippen LogP contribution in [0.1, 0.15) is 38.2 Å². The van der Waals surface area contributed by atoms with E-state index in [0.29, 0.717) is 5.75 Å². The highest BCUT2D eigenvalue weighted by molar-refractivity contribution is 7.92. The number of rotatable bonds is 11. The zero-order valence-corrected chi connectivity index (χ0v) is 22.4. The van der Waals surface area contributed by atoms with Crippen molar-refractivity contribution >= 4 is 27.5 Å². The maximum absolute atomic E-state index is 14.5. The van der Waals surface area contributed by atoms with Gasteiger partial charge in [0.1, 0.15) is 29.9 Å². The minimum absolute atomic E-state index is 0.0245. The molecule has 0 saturated heterocycles. The monoisotopic (exact) mass is 535 g/mol. The van der Waals surface area contributed by atoms with Gasteiger partial charge in [0.05, 0.1) is 26.2 Å². The number of benzene rings is 2. The second-order valence-electron chi connectivity index (χ2n) is 9.09. The second-order valence-corrected chi connectivity index (χ2v) is 11.0. The summed E-state index contributed by atoms with van der Waals surface area (Å²) < 4.78 is 51.5. The first kappa shape index (κ1) is 28.2. The van der Waals surface area contributed by atoms with Gasteiger partial charge in [0.15, 0.2) is 0 Å². The summed E-state index contributed by atoms with van der Waals surface area (Å²) in [7, 11) is -1.12. The number of methoxy groups -OCH3 is 2. The van der Waals surface area contributed by atoms with E-state index in [9.17, 15) is 22.4 Å². The van der Waals surface area contributed by atoms with Crippen molar-refractivity contribution in [2.75, 3.05) is 31.3 Å². The molecule has 0 heterocycles. The van der Waals surface area contributed by atoms with E-state index in [1.54, 1.807) is 19.1 Å². The molecule has 37 heavy (non-hydrogen) atoms. The Morgan fingerprint density at radius 3 is 2.38 bits per heavy atom. The molecular formula is C26H34FN3O6S. The van der Waals surface area contributed by atoms with Gasteiger partial charge in [0.25, 0.3) is 0 Å². The Morgan fingerprint density at radius 2 is 1.78 bits per heavy atom. The van der Waals surface area contributed by atoms with Crippen molar-refractivity contribution in [3.8, 4) is 11.5 Å². The third-order valence-electron chi connectivity index (χ3n) is 6.50. The molecule has 1 fully saturated rings. The van der Waals surface area contributed by atoms with Crippen molar-refractivity contribution in [2.45, 2.75) is 51.2 Å². The fourth-order valence-corrected chi connectivity index (χ4v) is 5.22. The van der Waals surface area contributed by atoms with Gasteiger partial charge in [-0.2, -0.15) is 0 Å². The van der Waals surface area contributed by atoms with Crippen molar-refractivity contribution in [1.82, 2.24) is 10.2 Å². The lowest BCUT2D eigenvalue weighted by molar-refractivity contribution is -0.139. The summed E-state index contributed by atoms with van der Waals surface area (Å²) in [5.41, 5.74) is 0.345. The van der Waals surface area contributed by atoms with E-state index in [2.05, 4.69) is 5.32 Å². The van der Waals surface area contributed by atoms with Crippen molar-refractivity contribution in [2.24, 2.45) is 0 Å². The number of nitrogens with one attached hydrogen (secondary N) is 1. The van der Waals surface area contributed by atoms with Crippen LogP contribution in [0.3, 0.4) is 0 Å². The molecule has 0 bridgehead atoms. The summed E-state index contributed by atoms with van der Waals surface area (Å²) in [4.78, 5) is 27.9. The first-order valence-corrected chi connectivity index (χ1v) is 13.9. The maximum Gasteiger partial charge on any atom is 0.244 e. The minimum atomic E-state index is -3.95. The number of carbonyl (C=O) groups is 2. The van der Waals surface area contributed by atoms with E-state index in [0.717, 1.165) is 36.2 Å². The van der Waals surface area contributed by atoms with E-state index < -0.39 is 34.3 Å². The zero-order valence-electron chi connectivity index (χ0n) is 21.6. The molecule has 1 aliphatic carbocycles. The topological polar surface area (TPSA) is 105 Å². The predicted octanol–water partition coefficient (Wildman–Crippen LogP) is 3.09. The number of halogens is 1. The molecule has 2 amide bonds. The lowest BCUT2D eigenvalue weighted by atomic mass is 10.1. The van der Waals surface area contributed by atoms with Crippen LogP contribution < -0.4 is 19.1 Å². The molecule has 1 saturated carbocycles. The highest BCUT2D eigenvalue weighted by atomic mass is 32.2. The Balaban J connectivity index is 1.94. The van der Waals surface area contributed by atoms with Crippen LogP contribution in [0.4, 0.5) is 10.1 Å². The largest absolute Gasteiger partial charge is 0.497 e. The molecule has 1 atom stereocenters. The summed E-state index contributed by atoms with van der Waals surface area (Å²) >= 11 is 0. The molecule has 202 valence electrons. The van der Waals surface area contributed by atoms with E-state index in [-0.39, 0.29) is 35.5 Å². The van der Waals surface area contributed by atoms with Gasteiger partial charge in [-0.3, -0.25) is 13.9 Å². The molecule has 3 rings (SSSR count). The maximum atomic E-state index is 14.5. The van der Waals surface area contributed by atoms with Crippen molar-refractivity contribution in [3.05, 3.63) is 53.8 Å². The number of ether oxygens (including phenoxy) is 2. The van der Waals surface area contributed by atoms with Gasteiger partial charge < -0.3 is 19.7 Å². The third kappa shape index (κ3) is 7.12. The van der Waals surface area contributed by atoms with E-state index in [1.165, 1.54) is 49.5 Å². The number of hydrogen-bond donors (Lipinski definition) is 1. The molecule has 0 unspecified atom stereocenters. The van der Waals surface area contributed by atoms with Crippen LogP contribution in [0.15, 0.2) is 42.5 Å². The summed E-state index contributed by atoms with van der Waals surface area (Å²) in [6.07, 6.45) is 4.73. The molecule has 11 heteroatoms. The lowest BCUT2D eigenvalue weighted by Gasteiger charge is -2.32. The second kappa shape index (κ2) is 12.3. The first-order valence-electron chi connectivity index (χ1n) is 12.1. The molecule has 0 aromatic heterocycles. The normalized spacial score (nSPS) is 14.6. The quantitative estimate of drug-likeness (QED) is 0.474. The van der Waals surface area contributed by atoms with Gasteiger partial charge in [0, 0.05) is 24.2 Å². The minimum Gasteiger partial charge on any atom is -0.497 e. The fourth-order valence-electron chi connectivity index (χ4n) is 4.37. The fraction of sp³-hybridized carbons (Fsp3) is 0.462. The Morgan fingerprint density at radius 1 is 1.11 bits per heavy atom. The molecule has 0 aliphatic heterocycles. The first-order chi connectivity index (χ1) is 17.5. The lowest BCUT2D eigenvalue weighted by Crippen LogP contribution is -2.52. The molecular weight excluding hydrogens is 501 g/mol. The van der Waals surface area contributed by atoms with Gasteiger partial charge in [0.2, 0.25) is 21.8 Å². The highest BCUT2D eigenvalue weighted by Crippen LogP contribution is 2.33. The van der Waals surface area contributed by atoms with Crippen LogP contribution in [0.5, 0.6) is 11.5 Å². The SMILES string of the molecule is COc1ccc(N(CC(=O)N(Cc2ccccc2F)[C@H](C)C(=O)NC2CCCC2)S(C)(=O)=O)c(OC)c1. The number of hydrogen-bond acceptors (Lipinski definition) is 6. The standard InChI is InChI=1S/C26H34FN3O6S/c1-18(26(32)28-20-10-6-7-11-20)29(16-19-9-5-8-12-22(19)27)25(31)17-30(37(4,33)34)23-14-13-21(35-2)15-24(23)36-3/h5,8-9,12-15,18,20H,6-7,10-11,16-17H2,1-4H3,(H,28,32)/t18-/m1/s1. The molecule has 1 N–H and O–H groups in total. The van der Waals surface area contributed by atoms with E-state index >= 15 is 0 Å². The zero-order chi connectivity index (χ0) is 27.2. The molecule has 0 spiro atoms. The summed E-state index contributed by atoms with van der Waals surface area (Å²) in [5.74, 6) is -0.936. The van der Waals surface area contributed by atoms with Gasteiger partial charge in [-0.1, -0.05) is 31.0 Å². The Kier molecular flexibility index (Phi) is 9.36. The molecule has 9 nitrogen and oxygen atoms in total.